The van der Waals surface area contributed by atoms with E-state index in [-0.39, 0.29) is 6.03 Å². The lowest BCUT2D eigenvalue weighted by Crippen LogP contribution is -2.45. The zero-order valence-corrected chi connectivity index (χ0v) is 14.5. The Morgan fingerprint density at radius 1 is 1.25 bits per heavy atom. The maximum Gasteiger partial charge on any atom is 0.321 e. The van der Waals surface area contributed by atoms with E-state index < -0.39 is 11.5 Å². The second-order valence-electron chi connectivity index (χ2n) is 6.82. The lowest BCUT2D eigenvalue weighted by molar-refractivity contribution is 0.00582. The summed E-state index contributed by atoms with van der Waals surface area (Å²) in [5, 5.41) is 13.5. The van der Waals surface area contributed by atoms with E-state index in [0.717, 1.165) is 38.5 Å². The van der Waals surface area contributed by atoms with Crippen LogP contribution in [0.2, 0.25) is 0 Å². The zero-order valence-electron chi connectivity index (χ0n) is 14.5. The van der Waals surface area contributed by atoms with Crippen molar-refractivity contribution < 1.29 is 14.7 Å². The second-order valence-corrected chi connectivity index (χ2v) is 6.82. The third kappa shape index (κ3) is 4.71. The second kappa shape index (κ2) is 7.66. The van der Waals surface area contributed by atoms with Gasteiger partial charge < -0.3 is 21.1 Å². The Hall–Kier alpha value is -2.08. The summed E-state index contributed by atoms with van der Waals surface area (Å²) in [6.45, 7) is 2.09. The predicted molar refractivity (Wildman–Crippen MR) is 94.0 cm³/mol. The largest absolute Gasteiger partial charge is 0.388 e. The van der Waals surface area contributed by atoms with E-state index in [1.54, 1.807) is 32.2 Å². The Balaban J connectivity index is 1.98. The molecule has 0 aromatic heterocycles. The number of rotatable bonds is 4. The number of nitrogens with zero attached hydrogens (tertiary/aromatic N) is 1. The Bertz CT molecular complexity index is 608. The molecule has 1 saturated carbocycles. The van der Waals surface area contributed by atoms with Crippen LogP contribution >= 0.6 is 0 Å². The molecule has 6 heteroatoms. The first-order valence-electron chi connectivity index (χ1n) is 8.46. The van der Waals surface area contributed by atoms with E-state index in [4.69, 9.17) is 5.73 Å². The summed E-state index contributed by atoms with van der Waals surface area (Å²) in [5.41, 5.74) is 6.24. The molecule has 24 heavy (non-hydrogen) atoms. The molecular weight excluding hydrogens is 306 g/mol. The van der Waals surface area contributed by atoms with Crippen molar-refractivity contribution in [3.63, 3.8) is 0 Å². The fourth-order valence-electron chi connectivity index (χ4n) is 3.29. The minimum atomic E-state index is -0.797. The molecule has 1 aromatic rings. The number of nitrogens with two attached hydrogens (primary N) is 1. The topological polar surface area (TPSA) is 95.7 Å². The summed E-state index contributed by atoms with van der Waals surface area (Å²) in [7, 11) is 1.68. The summed E-state index contributed by atoms with van der Waals surface area (Å²) < 4.78 is 0. The van der Waals surface area contributed by atoms with Gasteiger partial charge in [-0.15, -0.1) is 0 Å². The van der Waals surface area contributed by atoms with Crippen LogP contribution in [0.4, 0.5) is 10.5 Å². The molecule has 0 unspecified atom stereocenters. The van der Waals surface area contributed by atoms with Gasteiger partial charge >= 0.3 is 6.03 Å². The Kier molecular flexibility index (Phi) is 5.83. The lowest BCUT2D eigenvalue weighted by Gasteiger charge is -2.31. The van der Waals surface area contributed by atoms with Crippen LogP contribution in [0.15, 0.2) is 18.2 Å². The number of likely N-dealkylation sites (N-methyl/N-ethyl adjacent to an activating group) is 1. The summed E-state index contributed by atoms with van der Waals surface area (Å²) in [6, 6.07) is 4.69. The number of nitrogens with one attached hydrogen (secondary N) is 1. The van der Waals surface area contributed by atoms with Gasteiger partial charge in [0, 0.05) is 18.3 Å². The molecular formula is C18H27N3O3. The van der Waals surface area contributed by atoms with Crippen LogP contribution in [-0.2, 0) is 0 Å². The van der Waals surface area contributed by atoms with Crippen LogP contribution in [0, 0.1) is 6.92 Å². The van der Waals surface area contributed by atoms with E-state index in [9.17, 15) is 14.7 Å². The highest BCUT2D eigenvalue weighted by Crippen LogP contribution is 2.27. The van der Waals surface area contributed by atoms with E-state index in [1.165, 1.54) is 4.90 Å². The highest BCUT2D eigenvalue weighted by Gasteiger charge is 2.30. The maximum atomic E-state index is 12.4. The third-order valence-corrected chi connectivity index (χ3v) is 4.66. The number of hydrogen-bond acceptors (Lipinski definition) is 3. The van der Waals surface area contributed by atoms with Gasteiger partial charge in [-0.3, -0.25) is 4.79 Å². The first kappa shape index (κ1) is 18.3. The number of hydrogen-bond donors (Lipinski definition) is 3. The molecule has 3 amide bonds. The van der Waals surface area contributed by atoms with Crippen molar-refractivity contribution in [3.8, 4) is 0 Å². The molecule has 0 saturated heterocycles. The van der Waals surface area contributed by atoms with Crippen molar-refractivity contribution in [1.29, 1.82) is 0 Å². The fourth-order valence-corrected chi connectivity index (χ4v) is 3.29. The van der Waals surface area contributed by atoms with Gasteiger partial charge in [-0.2, -0.15) is 0 Å². The molecule has 1 aromatic carbocycles. The molecule has 6 nitrogen and oxygen atoms in total. The summed E-state index contributed by atoms with van der Waals surface area (Å²) in [4.78, 5) is 25.1. The fraction of sp³-hybridized carbons (Fsp3) is 0.556. The average Bonchev–Trinajstić information content (AvgIpc) is 2.71. The first-order valence-corrected chi connectivity index (χ1v) is 8.46. The SMILES string of the molecule is Cc1cc(NC(=O)N(C)CC2(O)CCCCCC2)ccc1C(N)=O. The van der Waals surface area contributed by atoms with Crippen molar-refractivity contribution >= 4 is 17.6 Å². The minimum Gasteiger partial charge on any atom is -0.388 e. The predicted octanol–water partition coefficient (Wildman–Crippen LogP) is 2.64. The van der Waals surface area contributed by atoms with Gasteiger partial charge in [0.2, 0.25) is 5.91 Å². The molecule has 1 aliphatic carbocycles. The van der Waals surface area contributed by atoms with Gasteiger partial charge in [0.05, 0.1) is 12.1 Å². The van der Waals surface area contributed by atoms with Gasteiger partial charge in [0.1, 0.15) is 0 Å². The quantitative estimate of drug-likeness (QED) is 0.739. The molecule has 0 heterocycles. The van der Waals surface area contributed by atoms with Gasteiger partial charge in [-0.1, -0.05) is 25.7 Å². The number of aliphatic hydroxyl groups is 1. The summed E-state index contributed by atoms with van der Waals surface area (Å²) in [5.74, 6) is -0.488. The van der Waals surface area contributed by atoms with E-state index in [0.29, 0.717) is 23.4 Å². The number of benzene rings is 1. The highest BCUT2D eigenvalue weighted by atomic mass is 16.3. The Morgan fingerprint density at radius 3 is 2.42 bits per heavy atom. The molecule has 132 valence electrons. The molecule has 0 spiro atoms. The molecule has 0 radical (unpaired) electrons. The highest BCUT2D eigenvalue weighted by molar-refractivity contribution is 5.95. The molecule has 0 aliphatic heterocycles. The van der Waals surface area contributed by atoms with Gasteiger partial charge in [0.15, 0.2) is 0 Å². The number of amides is 3. The average molecular weight is 333 g/mol. The van der Waals surface area contributed by atoms with E-state index in [1.807, 2.05) is 0 Å². The number of aryl methyl sites for hydroxylation is 1. The molecule has 0 atom stereocenters. The number of anilines is 1. The van der Waals surface area contributed by atoms with Crippen molar-refractivity contribution in [1.82, 2.24) is 4.90 Å². The van der Waals surface area contributed by atoms with Crippen LogP contribution in [-0.4, -0.2) is 41.1 Å². The summed E-state index contributed by atoms with van der Waals surface area (Å²) >= 11 is 0. The van der Waals surface area contributed by atoms with Crippen LogP contribution in [0.3, 0.4) is 0 Å². The van der Waals surface area contributed by atoms with Crippen molar-refractivity contribution in [2.24, 2.45) is 5.73 Å². The zero-order chi connectivity index (χ0) is 17.7. The molecule has 4 N–H and O–H groups in total. The smallest absolute Gasteiger partial charge is 0.321 e. The van der Waals surface area contributed by atoms with Crippen molar-refractivity contribution in [3.05, 3.63) is 29.3 Å². The normalized spacial score (nSPS) is 17.0. The third-order valence-electron chi connectivity index (χ3n) is 4.66. The van der Waals surface area contributed by atoms with E-state index in [2.05, 4.69) is 5.32 Å². The molecule has 2 rings (SSSR count). The van der Waals surface area contributed by atoms with Crippen LogP contribution in [0.25, 0.3) is 0 Å². The van der Waals surface area contributed by atoms with Crippen LogP contribution < -0.4 is 11.1 Å². The first-order chi connectivity index (χ1) is 11.3. The monoisotopic (exact) mass is 333 g/mol. The van der Waals surface area contributed by atoms with Gasteiger partial charge in [-0.05, 0) is 43.5 Å². The lowest BCUT2D eigenvalue weighted by atomic mass is 9.94. The molecule has 1 fully saturated rings. The minimum absolute atomic E-state index is 0.279. The number of carbonyl (C=O) groups excluding carboxylic acids is 2. The van der Waals surface area contributed by atoms with E-state index >= 15 is 0 Å². The molecule has 0 bridgehead atoms. The maximum absolute atomic E-state index is 12.4. The van der Waals surface area contributed by atoms with Crippen molar-refractivity contribution in [2.75, 3.05) is 18.9 Å². The van der Waals surface area contributed by atoms with Crippen molar-refractivity contribution in [2.45, 2.75) is 51.0 Å². The number of urea groups is 1. The molecule has 1 aliphatic rings. The van der Waals surface area contributed by atoms with Crippen LogP contribution in [0.1, 0.15) is 54.4 Å². The van der Waals surface area contributed by atoms with Gasteiger partial charge in [0.25, 0.3) is 0 Å². The number of carbonyl (C=O) groups is 2. The van der Waals surface area contributed by atoms with Gasteiger partial charge in [-0.25, -0.2) is 4.79 Å². The summed E-state index contributed by atoms with van der Waals surface area (Å²) in [6.07, 6.45) is 5.75. The Labute approximate surface area is 143 Å². The van der Waals surface area contributed by atoms with Crippen LogP contribution in [0.5, 0.6) is 0 Å². The Morgan fingerprint density at radius 2 is 1.88 bits per heavy atom. The standard InChI is InChI=1S/C18H27N3O3/c1-13-11-14(7-8-15(13)16(19)22)20-17(23)21(2)12-18(24)9-5-3-4-6-10-18/h7-8,11,24H,3-6,9-10,12H2,1-2H3,(H2,19,22)(H,20,23). The number of primary amides is 1.